The standard InChI is InChI=1S/C13H15NO/c1-9-4-3-5-12(10(9)2)13(14)11-6-7-15-8-11/h3-8,13H,14H2,1-2H3. The fourth-order valence-corrected chi connectivity index (χ4v) is 1.74. The molecule has 0 spiro atoms. The number of aryl methyl sites for hydroxylation is 1. The van der Waals surface area contributed by atoms with Crippen LogP contribution in [0.1, 0.15) is 28.3 Å². The van der Waals surface area contributed by atoms with Crippen LogP contribution in [0, 0.1) is 13.8 Å². The highest BCUT2D eigenvalue weighted by Gasteiger charge is 2.12. The molecule has 2 N–H and O–H groups in total. The number of rotatable bonds is 2. The third kappa shape index (κ3) is 1.81. The van der Waals surface area contributed by atoms with Gasteiger partial charge in [-0.3, -0.25) is 0 Å². The van der Waals surface area contributed by atoms with Crippen molar-refractivity contribution >= 4 is 0 Å². The van der Waals surface area contributed by atoms with Crippen molar-refractivity contribution in [3.05, 3.63) is 59.0 Å². The Morgan fingerprint density at radius 1 is 1.20 bits per heavy atom. The maximum atomic E-state index is 6.17. The Hall–Kier alpha value is -1.54. The Labute approximate surface area is 89.7 Å². The largest absolute Gasteiger partial charge is 0.472 e. The lowest BCUT2D eigenvalue weighted by atomic mass is 9.95. The molecule has 78 valence electrons. The molecule has 1 unspecified atom stereocenters. The second kappa shape index (κ2) is 3.91. The van der Waals surface area contributed by atoms with Crippen LogP contribution in [0.5, 0.6) is 0 Å². The molecule has 0 radical (unpaired) electrons. The molecule has 0 aliphatic heterocycles. The molecule has 0 fully saturated rings. The SMILES string of the molecule is Cc1cccc(C(N)c2ccoc2)c1C. The highest BCUT2D eigenvalue weighted by atomic mass is 16.3. The van der Waals surface area contributed by atoms with Crippen LogP contribution in [0.2, 0.25) is 0 Å². The van der Waals surface area contributed by atoms with Gasteiger partial charge in [0.15, 0.2) is 0 Å². The van der Waals surface area contributed by atoms with E-state index in [1.807, 2.05) is 12.1 Å². The van der Waals surface area contributed by atoms with Gasteiger partial charge in [-0.15, -0.1) is 0 Å². The Kier molecular flexibility index (Phi) is 2.60. The third-order valence-corrected chi connectivity index (χ3v) is 2.88. The van der Waals surface area contributed by atoms with Gasteiger partial charge in [0.1, 0.15) is 0 Å². The van der Waals surface area contributed by atoms with Crippen LogP contribution >= 0.6 is 0 Å². The first-order chi connectivity index (χ1) is 7.20. The summed E-state index contributed by atoms with van der Waals surface area (Å²) in [5, 5.41) is 0. The van der Waals surface area contributed by atoms with Crippen LogP contribution in [0.25, 0.3) is 0 Å². The molecule has 0 aliphatic carbocycles. The van der Waals surface area contributed by atoms with Gasteiger partial charge in [-0.2, -0.15) is 0 Å². The average Bonchev–Trinajstić information content (AvgIpc) is 2.74. The van der Waals surface area contributed by atoms with Gasteiger partial charge in [0.05, 0.1) is 18.6 Å². The Balaban J connectivity index is 2.42. The summed E-state index contributed by atoms with van der Waals surface area (Å²) in [6.45, 7) is 4.20. The Morgan fingerprint density at radius 3 is 2.67 bits per heavy atom. The zero-order chi connectivity index (χ0) is 10.8. The molecule has 0 aliphatic rings. The van der Waals surface area contributed by atoms with E-state index in [1.54, 1.807) is 12.5 Å². The van der Waals surface area contributed by atoms with Crippen LogP contribution in [0.4, 0.5) is 0 Å². The van der Waals surface area contributed by atoms with Gasteiger partial charge in [0.2, 0.25) is 0 Å². The van der Waals surface area contributed by atoms with Crippen LogP contribution in [-0.2, 0) is 0 Å². The second-order valence-corrected chi connectivity index (χ2v) is 3.82. The normalized spacial score (nSPS) is 12.7. The average molecular weight is 201 g/mol. The lowest BCUT2D eigenvalue weighted by molar-refractivity contribution is 0.562. The molecule has 2 aromatic rings. The van der Waals surface area contributed by atoms with E-state index in [-0.39, 0.29) is 6.04 Å². The molecule has 2 rings (SSSR count). The van der Waals surface area contributed by atoms with E-state index in [1.165, 1.54) is 11.1 Å². The van der Waals surface area contributed by atoms with E-state index < -0.39 is 0 Å². The first kappa shape index (κ1) is 9.99. The summed E-state index contributed by atoms with van der Waals surface area (Å²) in [6.07, 6.45) is 3.35. The predicted octanol–water partition coefficient (Wildman–Crippen LogP) is 2.94. The zero-order valence-corrected chi connectivity index (χ0v) is 9.03. The molecule has 0 amide bonds. The van der Waals surface area contributed by atoms with E-state index in [0.29, 0.717) is 0 Å². The van der Waals surface area contributed by atoms with Gasteiger partial charge >= 0.3 is 0 Å². The molecule has 1 heterocycles. The van der Waals surface area contributed by atoms with Crippen molar-refractivity contribution in [3.8, 4) is 0 Å². The molecule has 15 heavy (non-hydrogen) atoms. The summed E-state index contributed by atoms with van der Waals surface area (Å²) in [7, 11) is 0. The maximum absolute atomic E-state index is 6.17. The minimum Gasteiger partial charge on any atom is -0.472 e. The molecule has 2 heteroatoms. The fourth-order valence-electron chi connectivity index (χ4n) is 1.74. The van der Waals surface area contributed by atoms with E-state index >= 15 is 0 Å². The number of nitrogens with two attached hydrogens (primary N) is 1. The molecule has 1 atom stereocenters. The maximum Gasteiger partial charge on any atom is 0.0953 e. The summed E-state index contributed by atoms with van der Waals surface area (Å²) in [4.78, 5) is 0. The predicted molar refractivity (Wildman–Crippen MR) is 60.7 cm³/mol. The van der Waals surface area contributed by atoms with E-state index in [2.05, 4.69) is 26.0 Å². The van der Waals surface area contributed by atoms with Crippen LogP contribution in [0.15, 0.2) is 41.2 Å². The Bertz CT molecular complexity index is 446. The number of hydrogen-bond donors (Lipinski definition) is 1. The van der Waals surface area contributed by atoms with Crippen molar-refractivity contribution < 1.29 is 4.42 Å². The van der Waals surface area contributed by atoms with Gasteiger partial charge in [0.25, 0.3) is 0 Å². The monoisotopic (exact) mass is 201 g/mol. The van der Waals surface area contributed by atoms with Crippen molar-refractivity contribution in [2.24, 2.45) is 5.73 Å². The van der Waals surface area contributed by atoms with Gasteiger partial charge in [-0.25, -0.2) is 0 Å². The van der Waals surface area contributed by atoms with Crippen molar-refractivity contribution in [1.82, 2.24) is 0 Å². The fraction of sp³-hybridized carbons (Fsp3) is 0.231. The first-order valence-electron chi connectivity index (χ1n) is 5.04. The molecule has 0 bridgehead atoms. The zero-order valence-electron chi connectivity index (χ0n) is 9.03. The first-order valence-corrected chi connectivity index (χ1v) is 5.04. The minimum atomic E-state index is -0.0938. The van der Waals surface area contributed by atoms with Crippen molar-refractivity contribution in [3.63, 3.8) is 0 Å². The summed E-state index contributed by atoms with van der Waals surface area (Å²) in [5.74, 6) is 0. The van der Waals surface area contributed by atoms with Crippen molar-refractivity contribution in [2.45, 2.75) is 19.9 Å². The summed E-state index contributed by atoms with van der Waals surface area (Å²) < 4.78 is 5.05. The minimum absolute atomic E-state index is 0.0938. The second-order valence-electron chi connectivity index (χ2n) is 3.82. The van der Waals surface area contributed by atoms with Crippen molar-refractivity contribution in [2.75, 3.05) is 0 Å². The van der Waals surface area contributed by atoms with Crippen LogP contribution in [-0.4, -0.2) is 0 Å². The van der Waals surface area contributed by atoms with E-state index in [0.717, 1.165) is 11.1 Å². The quantitative estimate of drug-likeness (QED) is 0.811. The lowest BCUT2D eigenvalue weighted by Gasteiger charge is -2.14. The number of furan rings is 1. The Morgan fingerprint density at radius 2 is 2.00 bits per heavy atom. The molecule has 0 saturated heterocycles. The number of hydrogen-bond acceptors (Lipinski definition) is 2. The van der Waals surface area contributed by atoms with Crippen molar-refractivity contribution in [1.29, 1.82) is 0 Å². The summed E-state index contributed by atoms with van der Waals surface area (Å²) in [6, 6.07) is 8.02. The molecule has 0 saturated carbocycles. The lowest BCUT2D eigenvalue weighted by Crippen LogP contribution is -2.12. The summed E-state index contributed by atoms with van der Waals surface area (Å²) in [5.41, 5.74) is 10.9. The third-order valence-electron chi connectivity index (χ3n) is 2.88. The topological polar surface area (TPSA) is 39.2 Å². The van der Waals surface area contributed by atoms with Crippen LogP contribution in [0.3, 0.4) is 0 Å². The van der Waals surface area contributed by atoms with E-state index in [9.17, 15) is 0 Å². The molecule has 2 nitrogen and oxygen atoms in total. The molecular weight excluding hydrogens is 186 g/mol. The van der Waals surface area contributed by atoms with Gasteiger partial charge in [0, 0.05) is 5.56 Å². The van der Waals surface area contributed by atoms with Gasteiger partial charge in [-0.05, 0) is 36.6 Å². The molecule has 1 aromatic carbocycles. The molecular formula is C13H15NO. The smallest absolute Gasteiger partial charge is 0.0953 e. The number of benzene rings is 1. The van der Waals surface area contributed by atoms with Gasteiger partial charge < -0.3 is 10.2 Å². The van der Waals surface area contributed by atoms with Crippen LogP contribution < -0.4 is 5.73 Å². The molecule has 1 aromatic heterocycles. The highest BCUT2D eigenvalue weighted by molar-refractivity contribution is 5.39. The van der Waals surface area contributed by atoms with Gasteiger partial charge in [-0.1, -0.05) is 18.2 Å². The van der Waals surface area contributed by atoms with E-state index in [4.69, 9.17) is 10.2 Å². The summed E-state index contributed by atoms with van der Waals surface area (Å²) >= 11 is 0. The highest BCUT2D eigenvalue weighted by Crippen LogP contribution is 2.24.